The van der Waals surface area contributed by atoms with Gasteiger partial charge in [-0.25, -0.2) is 13.9 Å². The number of hydrogen-bond acceptors (Lipinski definition) is 4. The summed E-state index contributed by atoms with van der Waals surface area (Å²) < 4.78 is 19.2. The third kappa shape index (κ3) is 3.15. The van der Waals surface area contributed by atoms with Crippen molar-refractivity contribution in [2.24, 2.45) is 17.6 Å². The summed E-state index contributed by atoms with van der Waals surface area (Å²) in [6.45, 7) is 5.43. The lowest BCUT2D eigenvalue weighted by molar-refractivity contribution is 0.0699. The molecule has 35 heavy (non-hydrogen) atoms. The molecule has 8 heteroatoms. The molecule has 0 radical (unpaired) electrons. The molecule has 5 heterocycles. The Hall–Kier alpha value is -3.26. The molecule has 0 spiro atoms. The summed E-state index contributed by atoms with van der Waals surface area (Å²) >= 11 is 0. The van der Waals surface area contributed by atoms with E-state index in [-0.39, 0.29) is 18.0 Å². The number of hydrogen-bond donors (Lipinski definition) is 1. The van der Waals surface area contributed by atoms with Gasteiger partial charge in [-0.05, 0) is 75.6 Å². The molecule has 2 aliphatic carbocycles. The molecule has 1 amide bonds. The summed E-state index contributed by atoms with van der Waals surface area (Å²) in [4.78, 5) is 20.0. The molecule has 1 aliphatic heterocycles. The maximum absolute atomic E-state index is 15.5. The van der Waals surface area contributed by atoms with Gasteiger partial charge in [-0.1, -0.05) is 0 Å². The number of rotatable bonds is 4. The van der Waals surface area contributed by atoms with Crippen molar-refractivity contribution in [2.45, 2.75) is 58.2 Å². The van der Waals surface area contributed by atoms with Gasteiger partial charge in [0.25, 0.3) is 5.91 Å². The molecular formula is C27H29FN6O. The Bertz CT molecular complexity index is 1520. The molecule has 3 fully saturated rings. The normalized spacial score (nSPS) is 23.8. The van der Waals surface area contributed by atoms with E-state index in [9.17, 15) is 4.79 Å². The predicted molar refractivity (Wildman–Crippen MR) is 132 cm³/mol. The van der Waals surface area contributed by atoms with E-state index < -0.39 is 5.82 Å². The highest BCUT2D eigenvalue weighted by molar-refractivity contribution is 5.95. The number of likely N-dealkylation sites (tertiary alicyclic amines) is 1. The third-order valence-electron chi connectivity index (χ3n) is 8.34. The first kappa shape index (κ1) is 21.1. The monoisotopic (exact) mass is 472 g/mol. The van der Waals surface area contributed by atoms with Crippen molar-refractivity contribution in [3.8, 4) is 11.4 Å². The fourth-order valence-electron chi connectivity index (χ4n) is 6.24. The standard InChI is InChI=1S/C27H29FN6O/c1-14-3-6-17-10-22(32(26(17)30-14)11-16-4-5-16)24-15(2)25-20(28)9-19(13-34(25)31-24)27(35)33-12-18-7-8-21(33)23(18)29/h3,6,9-10,13,16,18,21,23H,4-5,7-8,11-12,29H2,1-2H3/t18?,21?,23-/m1/s1. The minimum Gasteiger partial charge on any atom is -0.334 e. The van der Waals surface area contributed by atoms with Gasteiger partial charge >= 0.3 is 0 Å². The average molecular weight is 473 g/mol. The Morgan fingerprint density at radius 2 is 2.00 bits per heavy atom. The molecule has 7 rings (SSSR count). The molecule has 1 saturated heterocycles. The number of fused-ring (bicyclic) bond motifs is 4. The van der Waals surface area contributed by atoms with Crippen molar-refractivity contribution in [2.75, 3.05) is 6.54 Å². The van der Waals surface area contributed by atoms with Gasteiger partial charge in [0, 0.05) is 48.0 Å². The molecule has 7 nitrogen and oxygen atoms in total. The SMILES string of the molecule is Cc1ccc2cc(-c3nn4cc(C(=O)N5CC6CCC5[C@@H]6N)cc(F)c4c3C)n(CC3CC3)c2n1. The van der Waals surface area contributed by atoms with E-state index in [1.54, 1.807) is 10.7 Å². The number of carbonyl (C=O) groups is 1. The van der Waals surface area contributed by atoms with Crippen LogP contribution in [0.4, 0.5) is 4.39 Å². The zero-order chi connectivity index (χ0) is 24.0. The maximum atomic E-state index is 15.5. The lowest BCUT2D eigenvalue weighted by Gasteiger charge is -2.27. The second-order valence-electron chi connectivity index (χ2n) is 10.7. The fraction of sp³-hybridized carbons (Fsp3) is 0.444. The zero-order valence-corrected chi connectivity index (χ0v) is 20.0. The molecule has 2 saturated carbocycles. The van der Waals surface area contributed by atoms with Gasteiger partial charge in [0.1, 0.15) is 22.7 Å². The van der Waals surface area contributed by atoms with Crippen LogP contribution in [-0.2, 0) is 6.54 Å². The first-order chi connectivity index (χ1) is 16.9. The van der Waals surface area contributed by atoms with Crippen LogP contribution in [0, 0.1) is 31.5 Å². The van der Waals surface area contributed by atoms with Crippen LogP contribution < -0.4 is 5.73 Å². The zero-order valence-electron chi connectivity index (χ0n) is 20.0. The summed E-state index contributed by atoms with van der Waals surface area (Å²) in [5.74, 6) is 0.402. The van der Waals surface area contributed by atoms with Crippen LogP contribution in [0.5, 0.6) is 0 Å². The maximum Gasteiger partial charge on any atom is 0.255 e. The summed E-state index contributed by atoms with van der Waals surface area (Å²) in [5, 5.41) is 5.87. The fourth-order valence-corrected chi connectivity index (χ4v) is 6.24. The number of aromatic nitrogens is 4. The molecule has 0 aromatic carbocycles. The van der Waals surface area contributed by atoms with E-state index in [1.165, 1.54) is 18.9 Å². The lowest BCUT2D eigenvalue weighted by Crippen LogP contribution is -2.41. The molecule has 4 aromatic rings. The first-order valence-electron chi connectivity index (χ1n) is 12.6. The molecule has 2 N–H and O–H groups in total. The number of piperidine rings is 1. The summed E-state index contributed by atoms with van der Waals surface area (Å²) in [7, 11) is 0. The van der Waals surface area contributed by atoms with E-state index in [0.29, 0.717) is 29.5 Å². The molecule has 2 unspecified atom stereocenters. The van der Waals surface area contributed by atoms with Crippen LogP contribution >= 0.6 is 0 Å². The van der Waals surface area contributed by atoms with Crippen molar-refractivity contribution in [1.29, 1.82) is 0 Å². The van der Waals surface area contributed by atoms with Gasteiger partial charge in [-0.15, -0.1) is 0 Å². The Morgan fingerprint density at radius 1 is 1.17 bits per heavy atom. The number of pyridine rings is 2. The second-order valence-corrected chi connectivity index (χ2v) is 10.7. The number of aryl methyl sites for hydroxylation is 2. The lowest BCUT2D eigenvalue weighted by atomic mass is 10.1. The largest absolute Gasteiger partial charge is 0.334 e. The smallest absolute Gasteiger partial charge is 0.255 e. The highest BCUT2D eigenvalue weighted by atomic mass is 19.1. The minimum atomic E-state index is -0.431. The van der Waals surface area contributed by atoms with Crippen molar-refractivity contribution >= 4 is 22.5 Å². The van der Waals surface area contributed by atoms with E-state index in [0.717, 1.165) is 53.1 Å². The number of carbonyl (C=O) groups excluding carboxylic acids is 1. The van der Waals surface area contributed by atoms with Crippen LogP contribution in [0.25, 0.3) is 27.9 Å². The summed E-state index contributed by atoms with van der Waals surface area (Å²) in [6.07, 6.45) is 6.10. The van der Waals surface area contributed by atoms with Gasteiger partial charge < -0.3 is 15.2 Å². The van der Waals surface area contributed by atoms with E-state index in [1.807, 2.05) is 24.8 Å². The molecule has 180 valence electrons. The van der Waals surface area contributed by atoms with Gasteiger partial charge in [-0.2, -0.15) is 5.10 Å². The van der Waals surface area contributed by atoms with Crippen molar-refractivity contribution in [3.63, 3.8) is 0 Å². The van der Waals surface area contributed by atoms with E-state index in [4.69, 9.17) is 15.8 Å². The predicted octanol–water partition coefficient (Wildman–Crippen LogP) is 4.08. The number of amides is 1. The quantitative estimate of drug-likeness (QED) is 0.485. The summed E-state index contributed by atoms with van der Waals surface area (Å²) in [5.41, 5.74) is 11.4. The highest BCUT2D eigenvalue weighted by Gasteiger charge is 2.47. The van der Waals surface area contributed by atoms with Crippen molar-refractivity contribution < 1.29 is 9.18 Å². The third-order valence-corrected chi connectivity index (χ3v) is 8.34. The molecular weight excluding hydrogens is 443 g/mol. The number of nitrogens with zero attached hydrogens (tertiary/aromatic N) is 5. The van der Waals surface area contributed by atoms with Crippen LogP contribution in [0.2, 0.25) is 0 Å². The van der Waals surface area contributed by atoms with Gasteiger partial charge in [0.15, 0.2) is 0 Å². The van der Waals surface area contributed by atoms with Crippen LogP contribution in [-0.4, -0.2) is 48.6 Å². The Morgan fingerprint density at radius 3 is 2.71 bits per heavy atom. The van der Waals surface area contributed by atoms with Crippen LogP contribution in [0.3, 0.4) is 0 Å². The topological polar surface area (TPSA) is 81.5 Å². The van der Waals surface area contributed by atoms with Crippen molar-refractivity contribution in [3.05, 3.63) is 53.1 Å². The van der Waals surface area contributed by atoms with E-state index >= 15 is 4.39 Å². The Kier molecular flexibility index (Phi) is 4.43. The van der Waals surface area contributed by atoms with Crippen LogP contribution in [0.1, 0.15) is 47.3 Å². The molecule has 3 atom stereocenters. The van der Waals surface area contributed by atoms with Gasteiger partial charge in [0.05, 0.1) is 11.3 Å². The molecule has 3 aliphatic rings. The second kappa shape index (κ2) is 7.37. The molecule has 2 bridgehead atoms. The van der Waals surface area contributed by atoms with Crippen molar-refractivity contribution in [1.82, 2.24) is 24.1 Å². The average Bonchev–Trinajstić information content (AvgIpc) is 3.25. The van der Waals surface area contributed by atoms with Gasteiger partial charge in [0.2, 0.25) is 0 Å². The molecule has 4 aromatic heterocycles. The first-order valence-corrected chi connectivity index (χ1v) is 12.6. The Labute approximate surface area is 202 Å². The highest BCUT2D eigenvalue weighted by Crippen LogP contribution is 2.39. The Balaban J connectivity index is 1.34. The summed E-state index contributed by atoms with van der Waals surface area (Å²) in [6, 6.07) is 7.64. The number of halogens is 1. The number of nitrogens with two attached hydrogens (primary N) is 1. The van der Waals surface area contributed by atoms with E-state index in [2.05, 4.69) is 16.7 Å². The minimum absolute atomic E-state index is 0.0247. The van der Waals surface area contributed by atoms with Crippen LogP contribution in [0.15, 0.2) is 30.5 Å². The van der Waals surface area contributed by atoms with Gasteiger partial charge in [-0.3, -0.25) is 4.79 Å².